The number of carbonyl (C=O) groups is 1. The van der Waals surface area contributed by atoms with Crippen molar-refractivity contribution >= 4 is 21.9 Å². The lowest BCUT2D eigenvalue weighted by molar-refractivity contribution is 0.0696. The molecule has 0 aliphatic rings. The molecule has 0 bridgehead atoms. The molecule has 0 aliphatic carbocycles. The lowest BCUT2D eigenvalue weighted by Crippen LogP contribution is -2.08. The average molecular weight is 338 g/mol. The standard InChI is InChI=1S/C14H16BrN3O2/c1-4-5-11-6-10(14(19)20)7-12(16-11)18-9(3)13(15)8(2)17-18/h6-7H,4-5H2,1-3H3,(H,19,20). The fourth-order valence-corrected chi connectivity index (χ4v) is 2.28. The fraction of sp³-hybridized carbons (Fsp3) is 0.357. The zero-order valence-corrected chi connectivity index (χ0v) is 13.2. The maximum atomic E-state index is 11.2. The van der Waals surface area contributed by atoms with Gasteiger partial charge >= 0.3 is 5.97 Å². The van der Waals surface area contributed by atoms with E-state index in [1.807, 2.05) is 20.8 Å². The van der Waals surface area contributed by atoms with Gasteiger partial charge in [-0.1, -0.05) is 13.3 Å². The molecule has 0 radical (unpaired) electrons. The van der Waals surface area contributed by atoms with Gasteiger partial charge in [-0.2, -0.15) is 5.10 Å². The maximum absolute atomic E-state index is 11.2. The summed E-state index contributed by atoms with van der Waals surface area (Å²) in [5.41, 5.74) is 2.76. The molecule has 0 unspecified atom stereocenters. The van der Waals surface area contributed by atoms with Gasteiger partial charge in [0.05, 0.1) is 21.4 Å². The van der Waals surface area contributed by atoms with Crippen molar-refractivity contribution < 1.29 is 9.90 Å². The summed E-state index contributed by atoms with van der Waals surface area (Å²) < 4.78 is 2.59. The molecule has 0 fully saturated rings. The number of hydrogen-bond acceptors (Lipinski definition) is 3. The number of aromatic carboxylic acids is 1. The summed E-state index contributed by atoms with van der Waals surface area (Å²) >= 11 is 3.47. The van der Waals surface area contributed by atoms with Crippen LogP contribution in [-0.4, -0.2) is 25.8 Å². The highest BCUT2D eigenvalue weighted by Gasteiger charge is 2.14. The second-order valence-electron chi connectivity index (χ2n) is 4.66. The predicted octanol–water partition coefficient (Wildman–Crippen LogP) is 3.30. The predicted molar refractivity (Wildman–Crippen MR) is 79.5 cm³/mol. The normalized spacial score (nSPS) is 10.8. The molecular formula is C14H16BrN3O2. The van der Waals surface area contributed by atoms with Gasteiger partial charge in [-0.25, -0.2) is 14.5 Å². The molecule has 0 saturated heterocycles. The molecule has 1 N–H and O–H groups in total. The molecule has 2 aromatic heterocycles. The zero-order chi connectivity index (χ0) is 14.9. The van der Waals surface area contributed by atoms with E-state index < -0.39 is 5.97 Å². The largest absolute Gasteiger partial charge is 0.478 e. The molecule has 5 nitrogen and oxygen atoms in total. The Hall–Kier alpha value is -1.69. The third kappa shape index (κ3) is 2.75. The molecule has 0 atom stereocenters. The van der Waals surface area contributed by atoms with Crippen molar-refractivity contribution in [2.45, 2.75) is 33.6 Å². The van der Waals surface area contributed by atoms with E-state index in [9.17, 15) is 9.90 Å². The lowest BCUT2D eigenvalue weighted by Gasteiger charge is -2.08. The Morgan fingerprint density at radius 3 is 2.60 bits per heavy atom. The molecule has 0 spiro atoms. The summed E-state index contributed by atoms with van der Waals surface area (Å²) in [6.45, 7) is 5.84. The number of carboxylic acid groups (broad SMARTS) is 1. The molecule has 2 heterocycles. The number of rotatable bonds is 4. The van der Waals surface area contributed by atoms with Crippen LogP contribution in [0.3, 0.4) is 0 Å². The van der Waals surface area contributed by atoms with E-state index in [2.05, 4.69) is 26.0 Å². The molecule has 0 amide bonds. The van der Waals surface area contributed by atoms with Crippen LogP contribution in [0, 0.1) is 13.8 Å². The van der Waals surface area contributed by atoms with E-state index in [1.165, 1.54) is 0 Å². The van der Waals surface area contributed by atoms with Gasteiger partial charge in [-0.05, 0) is 48.3 Å². The van der Waals surface area contributed by atoms with Gasteiger partial charge in [0, 0.05) is 5.69 Å². The zero-order valence-electron chi connectivity index (χ0n) is 11.6. The first-order valence-corrected chi connectivity index (χ1v) is 7.19. The average Bonchev–Trinajstić information content (AvgIpc) is 2.66. The monoisotopic (exact) mass is 337 g/mol. The molecule has 106 valence electrons. The van der Waals surface area contributed by atoms with E-state index in [1.54, 1.807) is 16.8 Å². The molecule has 0 aliphatic heterocycles. The van der Waals surface area contributed by atoms with Gasteiger partial charge in [-0.15, -0.1) is 0 Å². The molecule has 2 rings (SSSR count). The number of aromatic nitrogens is 3. The van der Waals surface area contributed by atoms with Gasteiger partial charge in [0.1, 0.15) is 0 Å². The quantitative estimate of drug-likeness (QED) is 0.929. The molecule has 2 aromatic rings. The number of pyridine rings is 1. The minimum atomic E-state index is -0.952. The Labute approximate surface area is 125 Å². The Morgan fingerprint density at radius 1 is 1.40 bits per heavy atom. The van der Waals surface area contributed by atoms with Crippen LogP contribution in [0.2, 0.25) is 0 Å². The van der Waals surface area contributed by atoms with Crippen LogP contribution in [-0.2, 0) is 6.42 Å². The van der Waals surface area contributed by atoms with E-state index in [0.29, 0.717) is 5.82 Å². The van der Waals surface area contributed by atoms with E-state index in [4.69, 9.17) is 0 Å². The SMILES string of the molecule is CCCc1cc(C(=O)O)cc(-n2nc(C)c(Br)c2C)n1. The van der Waals surface area contributed by atoms with Crippen LogP contribution >= 0.6 is 15.9 Å². The first-order chi connectivity index (χ1) is 9.43. The minimum Gasteiger partial charge on any atom is -0.478 e. The topological polar surface area (TPSA) is 68.0 Å². The van der Waals surface area contributed by atoms with Crippen LogP contribution in [0.5, 0.6) is 0 Å². The highest BCUT2D eigenvalue weighted by Crippen LogP contribution is 2.23. The number of hydrogen-bond donors (Lipinski definition) is 1. The van der Waals surface area contributed by atoms with E-state index in [0.717, 1.165) is 34.4 Å². The number of carboxylic acids is 1. The van der Waals surface area contributed by atoms with Gasteiger partial charge in [0.2, 0.25) is 0 Å². The van der Waals surface area contributed by atoms with Gasteiger partial charge < -0.3 is 5.11 Å². The maximum Gasteiger partial charge on any atom is 0.335 e. The summed E-state index contributed by atoms with van der Waals surface area (Å²) in [5.74, 6) is -0.411. The van der Waals surface area contributed by atoms with E-state index >= 15 is 0 Å². The van der Waals surface area contributed by atoms with Crippen LogP contribution in [0.15, 0.2) is 16.6 Å². The molecule has 0 saturated carbocycles. The van der Waals surface area contributed by atoms with Crippen molar-refractivity contribution in [3.05, 3.63) is 39.3 Å². The first kappa shape index (κ1) is 14.7. The summed E-state index contributed by atoms with van der Waals surface area (Å²) in [6, 6.07) is 3.17. The van der Waals surface area contributed by atoms with Crippen molar-refractivity contribution in [3.8, 4) is 5.82 Å². The van der Waals surface area contributed by atoms with Gasteiger partial charge in [0.15, 0.2) is 5.82 Å². The van der Waals surface area contributed by atoms with Crippen molar-refractivity contribution in [1.29, 1.82) is 0 Å². The van der Waals surface area contributed by atoms with Crippen molar-refractivity contribution in [3.63, 3.8) is 0 Å². The van der Waals surface area contributed by atoms with Crippen molar-refractivity contribution in [2.24, 2.45) is 0 Å². The van der Waals surface area contributed by atoms with Crippen LogP contribution in [0.25, 0.3) is 5.82 Å². The van der Waals surface area contributed by atoms with Crippen LogP contribution in [0.4, 0.5) is 0 Å². The van der Waals surface area contributed by atoms with Gasteiger partial charge in [-0.3, -0.25) is 0 Å². The minimum absolute atomic E-state index is 0.238. The van der Waals surface area contributed by atoms with Gasteiger partial charge in [0.25, 0.3) is 0 Å². The summed E-state index contributed by atoms with van der Waals surface area (Å²) in [5, 5.41) is 13.6. The van der Waals surface area contributed by atoms with Crippen LogP contribution < -0.4 is 0 Å². The second kappa shape index (κ2) is 5.75. The lowest BCUT2D eigenvalue weighted by atomic mass is 10.1. The molecule has 0 aromatic carbocycles. The number of nitrogens with zero attached hydrogens (tertiary/aromatic N) is 3. The Bertz CT molecular complexity index is 665. The molecule has 6 heteroatoms. The van der Waals surface area contributed by atoms with Crippen LogP contribution in [0.1, 0.15) is 40.8 Å². The van der Waals surface area contributed by atoms with E-state index in [-0.39, 0.29) is 5.56 Å². The van der Waals surface area contributed by atoms with Crippen molar-refractivity contribution in [2.75, 3.05) is 0 Å². The summed E-state index contributed by atoms with van der Waals surface area (Å²) in [4.78, 5) is 15.7. The third-order valence-electron chi connectivity index (χ3n) is 3.04. The molecular weight excluding hydrogens is 322 g/mol. The Morgan fingerprint density at radius 2 is 2.10 bits per heavy atom. The Balaban J connectivity index is 2.60. The second-order valence-corrected chi connectivity index (χ2v) is 5.45. The summed E-state index contributed by atoms with van der Waals surface area (Å²) in [6.07, 6.45) is 1.66. The highest BCUT2D eigenvalue weighted by molar-refractivity contribution is 9.10. The highest BCUT2D eigenvalue weighted by atomic mass is 79.9. The molecule has 20 heavy (non-hydrogen) atoms. The Kier molecular flexibility index (Phi) is 4.23. The van der Waals surface area contributed by atoms with Crippen molar-refractivity contribution in [1.82, 2.24) is 14.8 Å². The number of aryl methyl sites for hydroxylation is 2. The fourth-order valence-electron chi connectivity index (χ4n) is 2.03. The smallest absolute Gasteiger partial charge is 0.335 e. The number of halogens is 1. The third-order valence-corrected chi connectivity index (χ3v) is 4.19. The summed E-state index contributed by atoms with van der Waals surface area (Å²) in [7, 11) is 0. The first-order valence-electron chi connectivity index (χ1n) is 6.40.